The highest BCUT2D eigenvalue weighted by Crippen LogP contribution is 2.41. The Hall–Kier alpha value is -3.02. The van der Waals surface area contributed by atoms with E-state index in [9.17, 15) is 9.90 Å². The van der Waals surface area contributed by atoms with Crippen LogP contribution < -0.4 is 9.47 Å². The standard InChI is InChI=1S/C30H34ClNO4/c1-29(2,32-20-17-24(21-32)36-26-16-10-15-25(35-3)27(26)31)18-19-30(28(33)34,22-11-6-4-7-12-22)23-13-8-5-9-14-23/h4-16,24H,17-21H2,1-3H3,(H,33,34)/t24-/m0/s1. The SMILES string of the molecule is COc1cccc(O[C@H]2CCN(C(C)(C)CCC(C(=O)O)(c3ccccc3)c3ccccc3)C2)c1Cl. The van der Waals surface area contributed by atoms with Gasteiger partial charge in [0.2, 0.25) is 0 Å². The molecule has 0 amide bonds. The smallest absolute Gasteiger partial charge is 0.318 e. The first-order chi connectivity index (χ1) is 17.3. The summed E-state index contributed by atoms with van der Waals surface area (Å²) in [4.78, 5) is 15.3. The van der Waals surface area contributed by atoms with Crippen LogP contribution in [0.25, 0.3) is 0 Å². The van der Waals surface area contributed by atoms with Crippen molar-refractivity contribution in [1.82, 2.24) is 4.90 Å². The van der Waals surface area contributed by atoms with Crippen molar-refractivity contribution in [1.29, 1.82) is 0 Å². The second kappa shape index (κ2) is 10.9. The quantitative estimate of drug-likeness (QED) is 0.342. The monoisotopic (exact) mass is 507 g/mol. The lowest BCUT2D eigenvalue weighted by atomic mass is 9.69. The zero-order valence-corrected chi connectivity index (χ0v) is 21.9. The molecule has 36 heavy (non-hydrogen) atoms. The number of aliphatic carboxylic acids is 1. The van der Waals surface area contributed by atoms with Crippen molar-refractivity contribution in [3.05, 3.63) is 95.0 Å². The lowest BCUT2D eigenvalue weighted by Gasteiger charge is -2.39. The number of hydrogen-bond donors (Lipinski definition) is 1. The van der Waals surface area contributed by atoms with Gasteiger partial charge in [-0.2, -0.15) is 0 Å². The van der Waals surface area contributed by atoms with E-state index >= 15 is 0 Å². The van der Waals surface area contributed by atoms with Crippen LogP contribution in [0.1, 0.15) is 44.2 Å². The molecular weight excluding hydrogens is 474 g/mol. The van der Waals surface area contributed by atoms with Crippen molar-refractivity contribution in [2.45, 2.75) is 50.2 Å². The van der Waals surface area contributed by atoms with Crippen molar-refractivity contribution in [3.8, 4) is 11.5 Å². The molecule has 0 aliphatic carbocycles. The molecule has 1 saturated heterocycles. The van der Waals surface area contributed by atoms with Gasteiger partial charge in [0.15, 0.2) is 0 Å². The Morgan fingerprint density at radius 3 is 2.08 bits per heavy atom. The molecule has 0 saturated carbocycles. The molecule has 0 radical (unpaired) electrons. The number of carboxylic acid groups (broad SMARTS) is 1. The lowest BCUT2D eigenvalue weighted by molar-refractivity contribution is -0.142. The van der Waals surface area contributed by atoms with Gasteiger partial charge in [-0.15, -0.1) is 0 Å². The maximum absolute atomic E-state index is 12.9. The van der Waals surface area contributed by atoms with Crippen LogP contribution in [0.4, 0.5) is 0 Å². The first-order valence-electron chi connectivity index (χ1n) is 12.4. The van der Waals surface area contributed by atoms with E-state index in [1.54, 1.807) is 7.11 Å². The van der Waals surface area contributed by atoms with Crippen molar-refractivity contribution >= 4 is 17.6 Å². The highest BCUT2D eigenvalue weighted by molar-refractivity contribution is 6.33. The summed E-state index contributed by atoms with van der Waals surface area (Å²) in [5, 5.41) is 11.1. The Labute approximate surface area is 218 Å². The molecule has 1 aliphatic rings. The predicted molar refractivity (Wildman–Crippen MR) is 143 cm³/mol. The summed E-state index contributed by atoms with van der Waals surface area (Å²) in [6, 6.07) is 24.7. The number of rotatable bonds is 10. The molecule has 3 aromatic rings. The van der Waals surface area contributed by atoms with Crippen molar-refractivity contribution in [3.63, 3.8) is 0 Å². The van der Waals surface area contributed by atoms with E-state index in [-0.39, 0.29) is 11.6 Å². The summed E-state index contributed by atoms with van der Waals surface area (Å²) < 4.78 is 11.6. The molecule has 1 aliphatic heterocycles. The number of methoxy groups -OCH3 is 1. The summed E-state index contributed by atoms with van der Waals surface area (Å²) in [6.45, 7) is 6.00. The molecule has 0 unspecified atom stereocenters. The number of likely N-dealkylation sites (tertiary alicyclic amines) is 1. The average molecular weight is 508 g/mol. The third-order valence-corrected chi connectivity index (χ3v) is 7.83. The zero-order chi connectivity index (χ0) is 25.8. The van der Waals surface area contributed by atoms with Gasteiger partial charge < -0.3 is 14.6 Å². The molecule has 0 aromatic heterocycles. The molecule has 5 nitrogen and oxygen atoms in total. The molecule has 0 bridgehead atoms. The number of nitrogens with zero attached hydrogens (tertiary/aromatic N) is 1. The van der Waals surface area contributed by atoms with Gasteiger partial charge in [0, 0.05) is 18.6 Å². The number of carbonyl (C=O) groups is 1. The molecule has 1 N–H and O–H groups in total. The maximum Gasteiger partial charge on any atom is 0.318 e. The van der Waals surface area contributed by atoms with Gasteiger partial charge >= 0.3 is 5.97 Å². The van der Waals surface area contributed by atoms with E-state index in [0.717, 1.165) is 30.6 Å². The van der Waals surface area contributed by atoms with E-state index in [1.807, 2.05) is 78.9 Å². The van der Waals surface area contributed by atoms with Gasteiger partial charge in [-0.05, 0) is 56.4 Å². The fourth-order valence-electron chi connectivity index (χ4n) is 5.20. The van der Waals surface area contributed by atoms with Gasteiger partial charge in [-0.1, -0.05) is 78.3 Å². The van der Waals surface area contributed by atoms with Gasteiger partial charge in [-0.3, -0.25) is 9.69 Å². The zero-order valence-electron chi connectivity index (χ0n) is 21.1. The van der Waals surface area contributed by atoms with Crippen LogP contribution in [0, 0.1) is 0 Å². The summed E-state index contributed by atoms with van der Waals surface area (Å²) in [5.74, 6) is 0.390. The van der Waals surface area contributed by atoms with Gasteiger partial charge in [0.05, 0.1) is 7.11 Å². The molecule has 1 atom stereocenters. The summed E-state index contributed by atoms with van der Waals surface area (Å²) in [7, 11) is 1.59. The van der Waals surface area contributed by atoms with Gasteiger partial charge in [-0.25, -0.2) is 0 Å². The Morgan fingerprint density at radius 2 is 1.53 bits per heavy atom. The molecule has 6 heteroatoms. The Morgan fingerprint density at radius 1 is 0.944 bits per heavy atom. The highest BCUT2D eigenvalue weighted by atomic mass is 35.5. The van der Waals surface area contributed by atoms with Crippen LogP contribution in [-0.2, 0) is 10.2 Å². The topological polar surface area (TPSA) is 59.0 Å². The van der Waals surface area contributed by atoms with Crippen molar-refractivity contribution in [2.75, 3.05) is 20.2 Å². The fourth-order valence-corrected chi connectivity index (χ4v) is 5.45. The largest absolute Gasteiger partial charge is 0.495 e. The van der Waals surface area contributed by atoms with E-state index in [1.165, 1.54) is 0 Å². The minimum absolute atomic E-state index is 0.00126. The second-order valence-electron chi connectivity index (χ2n) is 10.0. The molecule has 1 fully saturated rings. The Balaban J connectivity index is 1.52. The number of halogens is 1. The third kappa shape index (κ3) is 5.23. The predicted octanol–water partition coefficient (Wildman–Crippen LogP) is 6.43. The van der Waals surface area contributed by atoms with Crippen LogP contribution >= 0.6 is 11.6 Å². The Kier molecular flexibility index (Phi) is 7.91. The molecule has 3 aromatic carbocycles. The van der Waals surface area contributed by atoms with Crippen LogP contribution in [0.3, 0.4) is 0 Å². The fraction of sp³-hybridized carbons (Fsp3) is 0.367. The summed E-state index contributed by atoms with van der Waals surface area (Å²) in [6.07, 6.45) is 2.06. The maximum atomic E-state index is 12.9. The highest BCUT2D eigenvalue weighted by Gasteiger charge is 2.44. The van der Waals surface area contributed by atoms with Gasteiger partial charge in [0.1, 0.15) is 28.0 Å². The molecular formula is C30H34ClNO4. The van der Waals surface area contributed by atoms with Crippen LogP contribution in [0.5, 0.6) is 11.5 Å². The molecule has 1 heterocycles. The number of benzene rings is 3. The average Bonchev–Trinajstić information content (AvgIpc) is 3.36. The minimum atomic E-state index is -1.12. The molecule has 190 valence electrons. The first-order valence-corrected chi connectivity index (χ1v) is 12.7. The van der Waals surface area contributed by atoms with Crippen molar-refractivity contribution < 1.29 is 19.4 Å². The normalized spacial score (nSPS) is 16.6. The van der Waals surface area contributed by atoms with Crippen LogP contribution in [0.2, 0.25) is 5.02 Å². The van der Waals surface area contributed by atoms with E-state index in [2.05, 4.69) is 18.7 Å². The van der Waals surface area contributed by atoms with Crippen molar-refractivity contribution in [2.24, 2.45) is 0 Å². The van der Waals surface area contributed by atoms with Gasteiger partial charge in [0.25, 0.3) is 0 Å². The summed E-state index contributed by atoms with van der Waals surface area (Å²) >= 11 is 6.44. The van der Waals surface area contributed by atoms with E-state index in [4.69, 9.17) is 21.1 Å². The number of carboxylic acids is 1. The Bertz CT molecular complexity index is 1130. The minimum Gasteiger partial charge on any atom is -0.495 e. The number of ether oxygens (including phenoxy) is 2. The van der Waals surface area contributed by atoms with E-state index < -0.39 is 11.4 Å². The van der Waals surface area contributed by atoms with E-state index in [0.29, 0.717) is 29.4 Å². The number of hydrogen-bond acceptors (Lipinski definition) is 4. The molecule has 0 spiro atoms. The first kappa shape index (κ1) is 26.1. The van der Waals surface area contributed by atoms with Crippen LogP contribution in [-0.4, -0.2) is 47.8 Å². The van der Waals surface area contributed by atoms with Crippen LogP contribution in [0.15, 0.2) is 78.9 Å². The summed E-state index contributed by atoms with van der Waals surface area (Å²) in [5.41, 5.74) is 0.258. The third-order valence-electron chi connectivity index (χ3n) is 7.45. The molecule has 4 rings (SSSR count). The second-order valence-corrected chi connectivity index (χ2v) is 10.4. The lowest BCUT2D eigenvalue weighted by Crippen LogP contribution is -2.46.